The second-order valence-corrected chi connectivity index (χ2v) is 4.65. The first-order chi connectivity index (χ1) is 6.40. The fourth-order valence-electron chi connectivity index (χ4n) is 0.936. The molecule has 14 heavy (non-hydrogen) atoms. The maximum absolute atomic E-state index is 5.34. The molecule has 0 saturated carbocycles. The van der Waals surface area contributed by atoms with Gasteiger partial charge >= 0.3 is 0 Å². The normalized spacial score (nSPS) is 14.8. The number of likely N-dealkylation sites (N-methyl/N-ethyl adjacent to an activating group) is 1. The zero-order chi connectivity index (χ0) is 11.2. The molecule has 0 aromatic carbocycles. The number of rotatable bonds is 7. The lowest BCUT2D eigenvalue weighted by atomic mass is 10.0. The predicted octanol–water partition coefficient (Wildman–Crippen LogP) is 1.34. The van der Waals surface area contributed by atoms with E-state index in [2.05, 4.69) is 45.1 Å². The molecule has 1 N–H and O–H groups in total. The smallest absolute Gasteiger partial charge is 0.0616 e. The van der Waals surface area contributed by atoms with Gasteiger partial charge in [0, 0.05) is 24.7 Å². The van der Waals surface area contributed by atoms with Crippen molar-refractivity contribution in [2.24, 2.45) is 0 Å². The molecule has 0 spiro atoms. The van der Waals surface area contributed by atoms with Gasteiger partial charge in [-0.1, -0.05) is 0 Å². The largest absolute Gasteiger partial charge is 0.380 e. The Bertz CT molecular complexity index is 146. The van der Waals surface area contributed by atoms with E-state index in [-0.39, 0.29) is 5.54 Å². The van der Waals surface area contributed by atoms with E-state index in [1.54, 1.807) is 0 Å². The van der Waals surface area contributed by atoms with Crippen molar-refractivity contribution in [3.05, 3.63) is 0 Å². The van der Waals surface area contributed by atoms with Crippen molar-refractivity contribution in [3.63, 3.8) is 0 Å². The molecule has 0 bridgehead atoms. The van der Waals surface area contributed by atoms with Crippen molar-refractivity contribution >= 4 is 0 Å². The molecule has 0 aliphatic carbocycles. The summed E-state index contributed by atoms with van der Waals surface area (Å²) in [5, 5.41) is 3.47. The molecule has 0 rings (SSSR count). The number of hydrogen-bond donors (Lipinski definition) is 1. The molecule has 3 heteroatoms. The summed E-state index contributed by atoms with van der Waals surface area (Å²) >= 11 is 0. The van der Waals surface area contributed by atoms with Crippen LogP contribution in [0.4, 0.5) is 0 Å². The lowest BCUT2D eigenvalue weighted by molar-refractivity contribution is 0.117. The standard InChI is InChI=1S/C11H26N2O/c1-7-14-8-10(2)12-9-11(3,4)13(5)6/h10,12H,7-9H2,1-6H3. The van der Waals surface area contributed by atoms with Gasteiger partial charge in [-0.05, 0) is 41.8 Å². The summed E-state index contributed by atoms with van der Waals surface area (Å²) in [5.41, 5.74) is 0.195. The number of nitrogens with one attached hydrogen (secondary N) is 1. The van der Waals surface area contributed by atoms with Crippen molar-refractivity contribution in [2.75, 3.05) is 33.9 Å². The molecule has 0 aromatic rings. The SMILES string of the molecule is CCOCC(C)NCC(C)(C)N(C)C. The second-order valence-electron chi connectivity index (χ2n) is 4.65. The molecule has 0 aromatic heterocycles. The van der Waals surface area contributed by atoms with Crippen LogP contribution in [-0.4, -0.2) is 50.3 Å². The van der Waals surface area contributed by atoms with Crippen LogP contribution in [0.15, 0.2) is 0 Å². The second kappa shape index (κ2) is 6.38. The Labute approximate surface area is 88.8 Å². The Kier molecular flexibility index (Phi) is 6.33. The molecule has 0 heterocycles. The van der Waals surface area contributed by atoms with Crippen molar-refractivity contribution in [2.45, 2.75) is 39.3 Å². The summed E-state index contributed by atoms with van der Waals surface area (Å²) in [6.07, 6.45) is 0. The van der Waals surface area contributed by atoms with Gasteiger partial charge in [-0.25, -0.2) is 0 Å². The first-order valence-corrected chi connectivity index (χ1v) is 5.38. The monoisotopic (exact) mass is 202 g/mol. The van der Waals surface area contributed by atoms with Crippen LogP contribution in [0.2, 0.25) is 0 Å². The molecule has 0 amide bonds. The third-order valence-electron chi connectivity index (χ3n) is 2.67. The van der Waals surface area contributed by atoms with Crippen molar-refractivity contribution in [1.29, 1.82) is 0 Å². The molecular formula is C11H26N2O. The highest BCUT2D eigenvalue weighted by atomic mass is 16.5. The molecule has 0 aliphatic rings. The lowest BCUT2D eigenvalue weighted by Gasteiger charge is -2.34. The van der Waals surface area contributed by atoms with E-state index in [1.807, 2.05) is 6.92 Å². The first-order valence-electron chi connectivity index (χ1n) is 5.38. The minimum Gasteiger partial charge on any atom is -0.380 e. The van der Waals surface area contributed by atoms with E-state index in [9.17, 15) is 0 Å². The zero-order valence-corrected chi connectivity index (χ0v) is 10.6. The fourth-order valence-corrected chi connectivity index (χ4v) is 0.936. The number of nitrogens with zero attached hydrogens (tertiary/aromatic N) is 1. The van der Waals surface area contributed by atoms with Crippen molar-refractivity contribution < 1.29 is 4.74 Å². The van der Waals surface area contributed by atoms with E-state index < -0.39 is 0 Å². The molecule has 1 atom stereocenters. The minimum absolute atomic E-state index is 0.195. The third kappa shape index (κ3) is 5.58. The molecular weight excluding hydrogens is 176 g/mol. The van der Waals surface area contributed by atoms with Crippen LogP contribution >= 0.6 is 0 Å². The fraction of sp³-hybridized carbons (Fsp3) is 1.00. The zero-order valence-electron chi connectivity index (χ0n) is 10.6. The van der Waals surface area contributed by atoms with Crippen LogP contribution in [0, 0.1) is 0 Å². The Morgan fingerprint density at radius 3 is 2.36 bits per heavy atom. The van der Waals surface area contributed by atoms with Crippen LogP contribution in [0.3, 0.4) is 0 Å². The van der Waals surface area contributed by atoms with E-state index in [4.69, 9.17) is 4.74 Å². The molecule has 0 saturated heterocycles. The van der Waals surface area contributed by atoms with Gasteiger partial charge in [0.25, 0.3) is 0 Å². The quantitative estimate of drug-likeness (QED) is 0.674. The summed E-state index contributed by atoms with van der Waals surface area (Å²) in [6.45, 7) is 11.2. The topological polar surface area (TPSA) is 24.5 Å². The molecule has 0 aliphatic heterocycles. The third-order valence-corrected chi connectivity index (χ3v) is 2.67. The highest BCUT2D eigenvalue weighted by Gasteiger charge is 2.20. The Hall–Kier alpha value is -0.120. The number of hydrogen-bond acceptors (Lipinski definition) is 3. The minimum atomic E-state index is 0.195. The van der Waals surface area contributed by atoms with Crippen LogP contribution in [0.1, 0.15) is 27.7 Å². The molecule has 86 valence electrons. The maximum atomic E-state index is 5.34. The van der Waals surface area contributed by atoms with Crippen LogP contribution in [0.25, 0.3) is 0 Å². The van der Waals surface area contributed by atoms with Gasteiger partial charge in [-0.3, -0.25) is 0 Å². The number of ether oxygens (including phenoxy) is 1. The van der Waals surface area contributed by atoms with Crippen LogP contribution < -0.4 is 5.32 Å². The van der Waals surface area contributed by atoms with Gasteiger partial charge in [-0.15, -0.1) is 0 Å². The highest BCUT2D eigenvalue weighted by molar-refractivity contribution is 4.80. The Balaban J connectivity index is 3.70. The van der Waals surface area contributed by atoms with Gasteiger partial charge < -0.3 is 15.0 Å². The summed E-state index contributed by atoms with van der Waals surface area (Å²) in [5.74, 6) is 0. The highest BCUT2D eigenvalue weighted by Crippen LogP contribution is 2.08. The van der Waals surface area contributed by atoms with Crippen LogP contribution in [0.5, 0.6) is 0 Å². The summed E-state index contributed by atoms with van der Waals surface area (Å²) in [6, 6.07) is 0.425. The van der Waals surface area contributed by atoms with E-state index >= 15 is 0 Å². The van der Waals surface area contributed by atoms with Gasteiger partial charge in [-0.2, -0.15) is 0 Å². The molecule has 3 nitrogen and oxygen atoms in total. The van der Waals surface area contributed by atoms with E-state index in [0.717, 1.165) is 19.8 Å². The average Bonchev–Trinajstić information content (AvgIpc) is 2.11. The van der Waals surface area contributed by atoms with Gasteiger partial charge in [0.15, 0.2) is 0 Å². The summed E-state index contributed by atoms with van der Waals surface area (Å²) < 4.78 is 5.34. The average molecular weight is 202 g/mol. The Morgan fingerprint density at radius 2 is 1.93 bits per heavy atom. The van der Waals surface area contributed by atoms with Gasteiger partial charge in [0.05, 0.1) is 6.61 Å². The first kappa shape index (κ1) is 13.9. The molecule has 0 radical (unpaired) electrons. The van der Waals surface area contributed by atoms with E-state index in [0.29, 0.717) is 6.04 Å². The lowest BCUT2D eigenvalue weighted by Crippen LogP contribution is -2.49. The van der Waals surface area contributed by atoms with Crippen LogP contribution in [-0.2, 0) is 4.74 Å². The van der Waals surface area contributed by atoms with E-state index in [1.165, 1.54) is 0 Å². The summed E-state index contributed by atoms with van der Waals surface area (Å²) in [4.78, 5) is 2.23. The molecule has 0 fully saturated rings. The van der Waals surface area contributed by atoms with Gasteiger partial charge in [0.2, 0.25) is 0 Å². The Morgan fingerprint density at radius 1 is 1.36 bits per heavy atom. The van der Waals surface area contributed by atoms with Gasteiger partial charge in [0.1, 0.15) is 0 Å². The maximum Gasteiger partial charge on any atom is 0.0616 e. The molecule has 1 unspecified atom stereocenters. The summed E-state index contributed by atoms with van der Waals surface area (Å²) in [7, 11) is 4.21. The predicted molar refractivity (Wildman–Crippen MR) is 61.7 cm³/mol. The van der Waals surface area contributed by atoms with Crippen molar-refractivity contribution in [1.82, 2.24) is 10.2 Å². The van der Waals surface area contributed by atoms with Crippen molar-refractivity contribution in [3.8, 4) is 0 Å².